The van der Waals surface area contributed by atoms with Crippen molar-refractivity contribution in [2.45, 2.75) is 26.4 Å². The molecule has 1 aliphatic rings. The Morgan fingerprint density at radius 2 is 2.04 bits per heavy atom. The number of carbonyl (C=O) groups excluding carboxylic acids is 1. The maximum Gasteiger partial charge on any atom is 0.224 e. The van der Waals surface area contributed by atoms with Crippen molar-refractivity contribution in [2.75, 3.05) is 31.2 Å². The molecule has 1 aromatic rings. The van der Waals surface area contributed by atoms with E-state index in [-0.39, 0.29) is 42.7 Å². The average Bonchev–Trinajstić information content (AvgIpc) is 2.52. The summed E-state index contributed by atoms with van der Waals surface area (Å²) in [4.78, 5) is 18.6. The van der Waals surface area contributed by atoms with Crippen molar-refractivity contribution in [1.82, 2.24) is 10.3 Å². The van der Waals surface area contributed by atoms with E-state index in [0.29, 0.717) is 19.8 Å². The summed E-state index contributed by atoms with van der Waals surface area (Å²) in [6.07, 6.45) is 1.78. The average molecular weight is 365 g/mol. The number of amides is 1. The Bertz CT molecular complexity index is 482. The van der Waals surface area contributed by atoms with Gasteiger partial charge in [0.25, 0.3) is 0 Å². The lowest BCUT2D eigenvalue weighted by Crippen LogP contribution is -2.39. The molecule has 1 aliphatic heterocycles. The van der Waals surface area contributed by atoms with Gasteiger partial charge in [-0.3, -0.25) is 4.79 Å². The van der Waals surface area contributed by atoms with Gasteiger partial charge >= 0.3 is 0 Å². The predicted octanol–water partition coefficient (Wildman–Crippen LogP) is 1.36. The van der Waals surface area contributed by atoms with E-state index in [1.54, 1.807) is 6.20 Å². The lowest BCUT2D eigenvalue weighted by Gasteiger charge is -2.29. The summed E-state index contributed by atoms with van der Waals surface area (Å²) in [5.41, 5.74) is 6.78. The van der Waals surface area contributed by atoms with E-state index in [9.17, 15) is 4.79 Å². The van der Waals surface area contributed by atoms with Crippen LogP contribution in [0.1, 0.15) is 19.4 Å². The van der Waals surface area contributed by atoms with Crippen molar-refractivity contribution in [1.29, 1.82) is 0 Å². The zero-order valence-corrected chi connectivity index (χ0v) is 15.2. The number of ether oxygens (including phenoxy) is 1. The van der Waals surface area contributed by atoms with E-state index in [1.165, 1.54) is 0 Å². The highest BCUT2D eigenvalue weighted by molar-refractivity contribution is 5.85. The molecule has 2 heterocycles. The van der Waals surface area contributed by atoms with Crippen LogP contribution in [0, 0.1) is 5.92 Å². The van der Waals surface area contributed by atoms with Crippen LogP contribution >= 0.6 is 24.8 Å². The minimum Gasteiger partial charge on any atom is -0.378 e. The molecule has 1 fully saturated rings. The summed E-state index contributed by atoms with van der Waals surface area (Å²) in [7, 11) is 0. The van der Waals surface area contributed by atoms with Crippen LogP contribution in [0.5, 0.6) is 0 Å². The molecular weight excluding hydrogens is 339 g/mol. The standard InChI is InChI=1S/C15H24N4O2.2ClH/c1-11(12(2)16)15(20)18-10-13-4-3-5-17-14(13)19-6-8-21-9-7-19;;/h3-5,11-12H,6-10,16H2,1-2H3,(H,18,20);2*1H. The third-order valence-electron chi connectivity index (χ3n) is 3.83. The van der Waals surface area contributed by atoms with E-state index < -0.39 is 0 Å². The van der Waals surface area contributed by atoms with E-state index in [1.807, 2.05) is 26.0 Å². The monoisotopic (exact) mass is 364 g/mol. The first-order valence-electron chi connectivity index (χ1n) is 7.39. The lowest BCUT2D eigenvalue weighted by atomic mass is 10.0. The number of hydrogen-bond acceptors (Lipinski definition) is 5. The summed E-state index contributed by atoms with van der Waals surface area (Å²) in [6, 6.07) is 3.73. The largest absolute Gasteiger partial charge is 0.378 e. The van der Waals surface area contributed by atoms with Crippen LogP contribution in [0.3, 0.4) is 0 Å². The number of halogens is 2. The number of morpholine rings is 1. The number of carbonyl (C=O) groups is 1. The summed E-state index contributed by atoms with van der Waals surface area (Å²) >= 11 is 0. The summed E-state index contributed by atoms with van der Waals surface area (Å²) < 4.78 is 5.36. The van der Waals surface area contributed by atoms with Gasteiger partial charge < -0.3 is 20.7 Å². The molecule has 2 unspecified atom stereocenters. The number of pyridine rings is 1. The van der Waals surface area contributed by atoms with Crippen LogP contribution in [0.15, 0.2) is 18.3 Å². The van der Waals surface area contributed by atoms with Gasteiger partial charge in [-0.25, -0.2) is 4.98 Å². The molecule has 132 valence electrons. The van der Waals surface area contributed by atoms with Crippen molar-refractivity contribution in [3.8, 4) is 0 Å². The summed E-state index contributed by atoms with van der Waals surface area (Å²) in [5.74, 6) is 0.699. The smallest absolute Gasteiger partial charge is 0.224 e. The maximum atomic E-state index is 12.0. The Labute approximate surface area is 150 Å². The number of rotatable bonds is 5. The quantitative estimate of drug-likeness (QED) is 0.824. The first kappa shape index (κ1) is 21.9. The lowest BCUT2D eigenvalue weighted by molar-refractivity contribution is -0.125. The van der Waals surface area contributed by atoms with Gasteiger partial charge in [-0.05, 0) is 13.0 Å². The molecule has 23 heavy (non-hydrogen) atoms. The van der Waals surface area contributed by atoms with Crippen LogP contribution in [0.25, 0.3) is 0 Å². The molecular formula is C15H26Cl2N4O2. The Morgan fingerprint density at radius 3 is 2.65 bits per heavy atom. The number of anilines is 1. The fraction of sp³-hybridized carbons (Fsp3) is 0.600. The highest BCUT2D eigenvalue weighted by Crippen LogP contribution is 2.18. The molecule has 1 saturated heterocycles. The molecule has 0 aliphatic carbocycles. The molecule has 8 heteroatoms. The molecule has 0 radical (unpaired) electrons. The minimum absolute atomic E-state index is 0. The van der Waals surface area contributed by atoms with Crippen molar-refractivity contribution in [3.63, 3.8) is 0 Å². The fourth-order valence-corrected chi connectivity index (χ4v) is 2.21. The highest BCUT2D eigenvalue weighted by atomic mass is 35.5. The molecule has 0 saturated carbocycles. The van der Waals surface area contributed by atoms with Gasteiger partial charge in [-0.15, -0.1) is 24.8 Å². The molecule has 0 bridgehead atoms. The van der Waals surface area contributed by atoms with E-state index in [2.05, 4.69) is 15.2 Å². The van der Waals surface area contributed by atoms with Gasteiger partial charge in [0.15, 0.2) is 0 Å². The first-order valence-corrected chi connectivity index (χ1v) is 7.39. The number of nitrogens with zero attached hydrogens (tertiary/aromatic N) is 2. The molecule has 6 nitrogen and oxygen atoms in total. The molecule has 2 atom stereocenters. The third-order valence-corrected chi connectivity index (χ3v) is 3.83. The van der Waals surface area contributed by atoms with Crippen LogP contribution in [-0.2, 0) is 16.1 Å². The first-order chi connectivity index (χ1) is 10.1. The maximum absolute atomic E-state index is 12.0. The zero-order valence-electron chi connectivity index (χ0n) is 13.5. The Balaban J connectivity index is 0.00000242. The second kappa shape index (κ2) is 10.6. The van der Waals surface area contributed by atoms with Gasteiger partial charge in [0, 0.05) is 43.4 Å². The van der Waals surface area contributed by atoms with E-state index in [0.717, 1.165) is 24.5 Å². The third kappa shape index (κ3) is 6.14. The number of nitrogens with one attached hydrogen (secondary N) is 1. The Morgan fingerprint density at radius 1 is 1.39 bits per heavy atom. The predicted molar refractivity (Wildman–Crippen MR) is 96.4 cm³/mol. The number of aromatic nitrogens is 1. The molecule has 0 aromatic carbocycles. The van der Waals surface area contributed by atoms with Crippen LogP contribution in [0.4, 0.5) is 5.82 Å². The van der Waals surface area contributed by atoms with Crippen LogP contribution in [0.2, 0.25) is 0 Å². The van der Waals surface area contributed by atoms with Crippen molar-refractivity contribution < 1.29 is 9.53 Å². The van der Waals surface area contributed by atoms with E-state index >= 15 is 0 Å². The number of nitrogens with two attached hydrogens (primary N) is 1. The van der Waals surface area contributed by atoms with Crippen molar-refractivity contribution >= 4 is 36.5 Å². The van der Waals surface area contributed by atoms with Gasteiger partial charge in [-0.1, -0.05) is 13.0 Å². The van der Waals surface area contributed by atoms with Gasteiger partial charge in [-0.2, -0.15) is 0 Å². The number of hydrogen-bond donors (Lipinski definition) is 2. The summed E-state index contributed by atoms with van der Waals surface area (Å²) in [6.45, 7) is 7.23. The van der Waals surface area contributed by atoms with Crippen molar-refractivity contribution in [3.05, 3.63) is 23.9 Å². The second-order valence-electron chi connectivity index (χ2n) is 5.45. The highest BCUT2D eigenvalue weighted by Gasteiger charge is 2.19. The topological polar surface area (TPSA) is 80.5 Å². The molecule has 0 spiro atoms. The van der Waals surface area contributed by atoms with Gasteiger partial charge in [0.1, 0.15) is 5.82 Å². The van der Waals surface area contributed by atoms with Crippen molar-refractivity contribution in [2.24, 2.45) is 11.7 Å². The Kier molecular flexibility index (Phi) is 10.1. The minimum atomic E-state index is -0.200. The van der Waals surface area contributed by atoms with Gasteiger partial charge in [0.2, 0.25) is 5.91 Å². The van der Waals surface area contributed by atoms with E-state index in [4.69, 9.17) is 10.5 Å². The normalized spacial score (nSPS) is 16.6. The van der Waals surface area contributed by atoms with Crippen LogP contribution < -0.4 is 16.0 Å². The summed E-state index contributed by atoms with van der Waals surface area (Å²) in [5, 5.41) is 2.94. The molecule has 1 aromatic heterocycles. The zero-order chi connectivity index (χ0) is 15.2. The SMILES string of the molecule is CC(N)C(C)C(=O)NCc1cccnc1N1CCOCC1.Cl.Cl. The molecule has 2 rings (SSSR count). The Hall–Kier alpha value is -1.08. The second-order valence-corrected chi connectivity index (χ2v) is 5.45. The molecule has 1 amide bonds. The molecule has 3 N–H and O–H groups in total. The fourth-order valence-electron chi connectivity index (χ4n) is 2.21. The van der Waals surface area contributed by atoms with Gasteiger partial charge in [0.05, 0.1) is 13.2 Å². The van der Waals surface area contributed by atoms with Crippen LogP contribution in [-0.4, -0.2) is 43.2 Å².